The van der Waals surface area contributed by atoms with Gasteiger partial charge < -0.3 is 19.6 Å². The van der Waals surface area contributed by atoms with Gasteiger partial charge in [-0.3, -0.25) is 4.79 Å². The molecule has 0 aliphatic rings. The van der Waals surface area contributed by atoms with Crippen molar-refractivity contribution >= 4 is 16.9 Å². The summed E-state index contributed by atoms with van der Waals surface area (Å²) in [5, 5.41) is 9.64. The average Bonchev–Trinajstić information content (AvgIpc) is 2.69. The van der Waals surface area contributed by atoms with Crippen molar-refractivity contribution in [3.8, 4) is 11.5 Å². The van der Waals surface area contributed by atoms with Gasteiger partial charge in [-0.1, -0.05) is 0 Å². The van der Waals surface area contributed by atoms with Crippen LogP contribution < -0.4 is 9.47 Å². The molecule has 0 radical (unpaired) electrons. The van der Waals surface area contributed by atoms with Crippen molar-refractivity contribution in [3.05, 3.63) is 23.9 Å². The summed E-state index contributed by atoms with van der Waals surface area (Å²) in [7, 11) is 3.11. The van der Waals surface area contributed by atoms with E-state index in [0.29, 0.717) is 11.5 Å². The molecule has 0 aliphatic heterocycles. The van der Waals surface area contributed by atoms with E-state index in [0.717, 1.165) is 16.5 Å². The molecule has 0 aliphatic carbocycles. The van der Waals surface area contributed by atoms with E-state index < -0.39 is 5.97 Å². The first-order valence-corrected chi connectivity index (χ1v) is 5.09. The number of carbonyl (C=O) groups is 1. The van der Waals surface area contributed by atoms with E-state index in [1.165, 1.54) is 0 Å². The molecule has 5 heteroatoms. The molecule has 0 atom stereocenters. The maximum atomic E-state index is 10.7. The number of rotatable bonds is 4. The van der Waals surface area contributed by atoms with Crippen LogP contribution in [0.2, 0.25) is 0 Å². The number of hydrogen-bond donors (Lipinski definition) is 2. The fraction of sp³-hybridized carbons (Fsp3) is 0.250. The third-order valence-electron chi connectivity index (χ3n) is 2.61. The number of benzene rings is 1. The van der Waals surface area contributed by atoms with Crippen LogP contribution >= 0.6 is 0 Å². The number of aliphatic carboxylic acids is 1. The second kappa shape index (κ2) is 4.37. The monoisotopic (exact) mass is 235 g/mol. The number of methoxy groups -OCH3 is 2. The summed E-state index contributed by atoms with van der Waals surface area (Å²) >= 11 is 0. The van der Waals surface area contributed by atoms with E-state index in [-0.39, 0.29) is 6.42 Å². The lowest BCUT2D eigenvalue weighted by Crippen LogP contribution is -1.99. The zero-order valence-electron chi connectivity index (χ0n) is 9.61. The van der Waals surface area contributed by atoms with Gasteiger partial charge in [-0.2, -0.15) is 0 Å². The molecule has 1 aromatic heterocycles. The Morgan fingerprint density at radius 1 is 1.29 bits per heavy atom. The fourth-order valence-corrected chi connectivity index (χ4v) is 1.82. The Morgan fingerprint density at radius 3 is 2.53 bits per heavy atom. The number of ether oxygens (including phenoxy) is 2. The molecule has 1 aromatic carbocycles. The highest BCUT2D eigenvalue weighted by Gasteiger charge is 2.12. The molecule has 0 fully saturated rings. The lowest BCUT2D eigenvalue weighted by atomic mass is 10.1. The fourth-order valence-electron chi connectivity index (χ4n) is 1.82. The number of fused-ring (bicyclic) bond motifs is 1. The molecule has 5 nitrogen and oxygen atoms in total. The molecule has 0 bridgehead atoms. The third kappa shape index (κ3) is 2.04. The van der Waals surface area contributed by atoms with Crippen molar-refractivity contribution in [1.82, 2.24) is 4.98 Å². The summed E-state index contributed by atoms with van der Waals surface area (Å²) in [4.78, 5) is 13.7. The summed E-state index contributed by atoms with van der Waals surface area (Å²) in [6.07, 6.45) is 1.67. The summed E-state index contributed by atoms with van der Waals surface area (Å²) in [6, 6.07) is 3.57. The van der Waals surface area contributed by atoms with Crippen molar-refractivity contribution in [1.29, 1.82) is 0 Å². The van der Waals surface area contributed by atoms with Crippen molar-refractivity contribution in [2.24, 2.45) is 0 Å². The Balaban J connectivity index is 2.56. The molecule has 0 saturated carbocycles. The second-order valence-electron chi connectivity index (χ2n) is 3.64. The molecule has 2 rings (SSSR count). The Kier molecular flexibility index (Phi) is 2.91. The van der Waals surface area contributed by atoms with Crippen molar-refractivity contribution < 1.29 is 19.4 Å². The lowest BCUT2D eigenvalue weighted by Gasteiger charge is -2.07. The van der Waals surface area contributed by atoms with E-state index in [2.05, 4.69) is 4.98 Å². The number of aromatic nitrogens is 1. The van der Waals surface area contributed by atoms with E-state index in [9.17, 15) is 4.79 Å². The molecule has 90 valence electrons. The predicted molar refractivity (Wildman–Crippen MR) is 62.7 cm³/mol. The quantitative estimate of drug-likeness (QED) is 0.847. The Bertz CT molecular complexity index is 559. The zero-order valence-corrected chi connectivity index (χ0v) is 9.61. The summed E-state index contributed by atoms with van der Waals surface area (Å²) in [5.74, 6) is 0.343. The smallest absolute Gasteiger partial charge is 0.307 e. The van der Waals surface area contributed by atoms with Crippen LogP contribution in [0, 0.1) is 0 Å². The van der Waals surface area contributed by atoms with E-state index in [4.69, 9.17) is 14.6 Å². The van der Waals surface area contributed by atoms with Crippen LogP contribution in [0.4, 0.5) is 0 Å². The first-order valence-electron chi connectivity index (χ1n) is 5.09. The summed E-state index contributed by atoms with van der Waals surface area (Å²) in [6.45, 7) is 0. The standard InChI is InChI=1S/C12H13NO4/c1-16-10-4-8-7(3-12(14)15)6-13-9(8)5-11(10)17-2/h4-6,13H,3H2,1-2H3,(H,14,15). The molecule has 17 heavy (non-hydrogen) atoms. The molecule has 1 heterocycles. The molecule has 0 saturated heterocycles. The molecule has 0 amide bonds. The molecule has 2 aromatic rings. The minimum absolute atomic E-state index is 0.0184. The van der Waals surface area contributed by atoms with Gasteiger partial charge in [-0.05, 0) is 11.6 Å². The first kappa shape index (κ1) is 11.3. The topological polar surface area (TPSA) is 71.6 Å². The maximum absolute atomic E-state index is 10.7. The SMILES string of the molecule is COc1cc2[nH]cc(CC(=O)O)c2cc1OC. The van der Waals surface area contributed by atoms with Crippen LogP contribution in [-0.4, -0.2) is 30.3 Å². The van der Waals surface area contributed by atoms with Gasteiger partial charge >= 0.3 is 5.97 Å². The van der Waals surface area contributed by atoms with E-state index >= 15 is 0 Å². The van der Waals surface area contributed by atoms with Gasteiger partial charge in [0.1, 0.15) is 0 Å². The van der Waals surface area contributed by atoms with Crippen molar-refractivity contribution in [2.45, 2.75) is 6.42 Å². The highest BCUT2D eigenvalue weighted by molar-refractivity contribution is 5.89. The van der Waals surface area contributed by atoms with E-state index in [1.807, 2.05) is 0 Å². The minimum atomic E-state index is -0.860. The van der Waals surface area contributed by atoms with E-state index in [1.54, 1.807) is 32.5 Å². The van der Waals surface area contributed by atoms with Gasteiger partial charge in [0.15, 0.2) is 11.5 Å². The second-order valence-corrected chi connectivity index (χ2v) is 3.64. The molecule has 0 unspecified atom stereocenters. The number of carboxylic acids is 1. The molecular weight excluding hydrogens is 222 g/mol. The Hall–Kier alpha value is -2.17. The van der Waals surface area contributed by atoms with Crippen LogP contribution in [0.15, 0.2) is 18.3 Å². The van der Waals surface area contributed by atoms with Gasteiger partial charge in [0, 0.05) is 23.2 Å². The summed E-state index contributed by atoms with van der Waals surface area (Å²) in [5.41, 5.74) is 1.56. The van der Waals surface area contributed by atoms with Crippen LogP contribution in [0.3, 0.4) is 0 Å². The van der Waals surface area contributed by atoms with Gasteiger partial charge in [0.05, 0.1) is 20.6 Å². The highest BCUT2D eigenvalue weighted by atomic mass is 16.5. The normalized spacial score (nSPS) is 10.5. The molecular formula is C12H13NO4. The average molecular weight is 235 g/mol. The van der Waals surface area contributed by atoms with Gasteiger partial charge in [0.2, 0.25) is 0 Å². The number of aromatic amines is 1. The third-order valence-corrected chi connectivity index (χ3v) is 2.61. The van der Waals surface area contributed by atoms with Gasteiger partial charge in [-0.15, -0.1) is 0 Å². The van der Waals surface area contributed by atoms with Crippen LogP contribution in [0.5, 0.6) is 11.5 Å². The predicted octanol–water partition coefficient (Wildman–Crippen LogP) is 1.81. The summed E-state index contributed by atoms with van der Waals surface area (Å²) < 4.78 is 10.4. The van der Waals surface area contributed by atoms with Crippen LogP contribution in [0.1, 0.15) is 5.56 Å². The van der Waals surface area contributed by atoms with Crippen molar-refractivity contribution in [3.63, 3.8) is 0 Å². The maximum Gasteiger partial charge on any atom is 0.307 e. The number of nitrogens with one attached hydrogen (secondary N) is 1. The number of carboxylic acid groups (broad SMARTS) is 1. The molecule has 0 spiro atoms. The Morgan fingerprint density at radius 2 is 1.94 bits per heavy atom. The van der Waals surface area contributed by atoms with Gasteiger partial charge in [-0.25, -0.2) is 0 Å². The minimum Gasteiger partial charge on any atom is -0.493 e. The lowest BCUT2D eigenvalue weighted by molar-refractivity contribution is -0.136. The highest BCUT2D eigenvalue weighted by Crippen LogP contribution is 2.33. The Labute approximate surface area is 98.0 Å². The number of hydrogen-bond acceptors (Lipinski definition) is 3. The number of H-pyrrole nitrogens is 1. The van der Waals surface area contributed by atoms with Crippen molar-refractivity contribution in [2.75, 3.05) is 14.2 Å². The van der Waals surface area contributed by atoms with Gasteiger partial charge in [0.25, 0.3) is 0 Å². The largest absolute Gasteiger partial charge is 0.493 e. The zero-order chi connectivity index (χ0) is 12.4. The first-order chi connectivity index (χ1) is 8.15. The van der Waals surface area contributed by atoms with Crippen LogP contribution in [0.25, 0.3) is 10.9 Å². The van der Waals surface area contributed by atoms with Crippen LogP contribution in [-0.2, 0) is 11.2 Å². The molecule has 2 N–H and O–H groups in total.